The molecule has 0 unspecified atom stereocenters. The molecule has 0 spiro atoms. The van der Waals surface area contributed by atoms with Crippen LogP contribution in [0.25, 0.3) is 10.9 Å². The predicted octanol–water partition coefficient (Wildman–Crippen LogP) is 2.10. The molecule has 0 radical (unpaired) electrons. The minimum atomic E-state index is -0.649. The Kier molecular flexibility index (Phi) is 3.12. The van der Waals surface area contributed by atoms with Crippen LogP contribution in [0.1, 0.15) is 10.4 Å². The third kappa shape index (κ3) is 2.59. The highest BCUT2D eigenvalue weighted by molar-refractivity contribution is 5.96. The predicted molar refractivity (Wildman–Crippen MR) is 79.0 cm³/mol. The summed E-state index contributed by atoms with van der Waals surface area (Å²) in [6.45, 7) is 0. The molecule has 3 aromatic rings. The molecule has 0 fully saturated rings. The zero-order chi connectivity index (χ0) is 14.8. The van der Waals surface area contributed by atoms with Crippen LogP contribution in [-0.2, 0) is 0 Å². The van der Waals surface area contributed by atoms with E-state index in [-0.39, 0.29) is 11.4 Å². The highest BCUT2D eigenvalue weighted by Gasteiger charge is 2.12. The molecule has 0 saturated carbocycles. The summed E-state index contributed by atoms with van der Waals surface area (Å²) in [5.74, 6) is -0.0170. The molecule has 1 aromatic carbocycles. The summed E-state index contributed by atoms with van der Waals surface area (Å²) in [5, 5.41) is 0.991. The third-order valence-corrected chi connectivity index (χ3v) is 2.93. The Labute approximate surface area is 120 Å². The van der Waals surface area contributed by atoms with Gasteiger partial charge in [-0.15, -0.1) is 0 Å². The van der Waals surface area contributed by atoms with Crippen LogP contribution in [0.15, 0.2) is 48.8 Å². The Morgan fingerprint density at radius 3 is 2.81 bits per heavy atom. The Balaban J connectivity index is 2.00. The van der Waals surface area contributed by atoms with Gasteiger partial charge in [0.25, 0.3) is 5.91 Å². The van der Waals surface area contributed by atoms with E-state index in [1.807, 2.05) is 18.2 Å². The smallest absolute Gasteiger partial charge is 0.254 e. The molecular weight excluding hydrogens is 268 g/mol. The average Bonchev–Trinajstić information content (AvgIpc) is 2.49. The minimum absolute atomic E-state index is 0.118. The Bertz CT molecular complexity index is 833. The van der Waals surface area contributed by atoms with Crippen molar-refractivity contribution >= 4 is 22.5 Å². The number of primary amides is 1. The largest absolute Gasteiger partial charge is 0.438 e. The molecule has 6 heteroatoms. The van der Waals surface area contributed by atoms with Crippen molar-refractivity contribution in [2.24, 2.45) is 5.73 Å². The summed E-state index contributed by atoms with van der Waals surface area (Å²) in [4.78, 5) is 19.7. The van der Waals surface area contributed by atoms with Crippen molar-refractivity contribution in [3.8, 4) is 11.6 Å². The van der Waals surface area contributed by atoms with E-state index in [9.17, 15) is 4.79 Å². The zero-order valence-electron chi connectivity index (χ0n) is 11.0. The number of nitrogen functional groups attached to an aromatic ring is 1. The molecule has 0 atom stereocenters. The number of amides is 1. The number of ether oxygens (including phenoxy) is 1. The van der Waals surface area contributed by atoms with Crippen molar-refractivity contribution in [1.82, 2.24) is 9.97 Å². The molecule has 3 rings (SSSR count). The topological polar surface area (TPSA) is 104 Å². The summed E-state index contributed by atoms with van der Waals surface area (Å²) >= 11 is 0. The number of fused-ring (bicyclic) bond motifs is 1. The number of aromatic nitrogens is 2. The van der Waals surface area contributed by atoms with Crippen LogP contribution in [0.3, 0.4) is 0 Å². The van der Waals surface area contributed by atoms with Crippen LogP contribution in [0.5, 0.6) is 11.6 Å². The van der Waals surface area contributed by atoms with Crippen molar-refractivity contribution in [1.29, 1.82) is 0 Å². The number of rotatable bonds is 3. The van der Waals surface area contributed by atoms with Crippen molar-refractivity contribution < 1.29 is 9.53 Å². The first kappa shape index (κ1) is 12.9. The fourth-order valence-corrected chi connectivity index (χ4v) is 1.95. The number of carbonyl (C=O) groups is 1. The molecular formula is C15H12N4O2. The first-order valence-corrected chi connectivity index (χ1v) is 6.21. The van der Waals surface area contributed by atoms with Crippen LogP contribution < -0.4 is 16.2 Å². The van der Waals surface area contributed by atoms with Gasteiger partial charge < -0.3 is 16.2 Å². The second-order valence-corrected chi connectivity index (χ2v) is 4.45. The lowest BCUT2D eigenvalue weighted by Gasteiger charge is -2.09. The lowest BCUT2D eigenvalue weighted by Crippen LogP contribution is -2.13. The number of anilines is 1. The monoisotopic (exact) mass is 280 g/mol. The maximum absolute atomic E-state index is 11.4. The summed E-state index contributed by atoms with van der Waals surface area (Å²) in [7, 11) is 0. The van der Waals surface area contributed by atoms with Gasteiger partial charge in [-0.05, 0) is 24.3 Å². The quantitative estimate of drug-likeness (QED) is 0.764. The van der Waals surface area contributed by atoms with Gasteiger partial charge in [-0.2, -0.15) is 0 Å². The van der Waals surface area contributed by atoms with E-state index in [0.29, 0.717) is 11.4 Å². The van der Waals surface area contributed by atoms with Crippen molar-refractivity contribution in [3.63, 3.8) is 0 Å². The Hall–Kier alpha value is -3.15. The molecule has 1 amide bonds. The van der Waals surface area contributed by atoms with Crippen LogP contribution in [-0.4, -0.2) is 15.9 Å². The molecule has 4 N–H and O–H groups in total. The molecule has 0 aliphatic carbocycles. The number of benzene rings is 1. The van der Waals surface area contributed by atoms with Gasteiger partial charge in [-0.25, -0.2) is 4.98 Å². The second-order valence-electron chi connectivity index (χ2n) is 4.45. The Morgan fingerprint density at radius 2 is 2.00 bits per heavy atom. The van der Waals surface area contributed by atoms with E-state index in [1.54, 1.807) is 18.3 Å². The lowest BCUT2D eigenvalue weighted by atomic mass is 10.2. The SMILES string of the molecule is NC(=O)c1cc(N)cnc1Oc1ccc2cccnc2c1. The fraction of sp³-hybridized carbons (Fsp3) is 0. The molecule has 0 aliphatic heterocycles. The van der Waals surface area contributed by atoms with Gasteiger partial charge in [0.05, 0.1) is 17.4 Å². The number of carbonyl (C=O) groups excluding carboxylic acids is 1. The summed E-state index contributed by atoms with van der Waals surface area (Å²) < 4.78 is 5.63. The van der Waals surface area contributed by atoms with Crippen molar-refractivity contribution in [2.75, 3.05) is 5.73 Å². The molecule has 2 heterocycles. The highest BCUT2D eigenvalue weighted by atomic mass is 16.5. The molecule has 104 valence electrons. The summed E-state index contributed by atoms with van der Waals surface area (Å²) in [5.41, 5.74) is 12.2. The van der Waals surface area contributed by atoms with Gasteiger partial charge in [-0.3, -0.25) is 9.78 Å². The molecule has 2 aromatic heterocycles. The maximum atomic E-state index is 11.4. The molecule has 21 heavy (non-hydrogen) atoms. The van der Waals surface area contributed by atoms with Gasteiger partial charge in [0.2, 0.25) is 5.88 Å². The maximum Gasteiger partial charge on any atom is 0.254 e. The fourth-order valence-electron chi connectivity index (χ4n) is 1.95. The van der Waals surface area contributed by atoms with Crippen molar-refractivity contribution in [3.05, 3.63) is 54.4 Å². The molecule has 6 nitrogen and oxygen atoms in total. The van der Waals surface area contributed by atoms with Gasteiger partial charge in [0.15, 0.2) is 0 Å². The molecule has 0 saturated heterocycles. The normalized spacial score (nSPS) is 10.5. The Morgan fingerprint density at radius 1 is 1.14 bits per heavy atom. The standard InChI is InChI=1S/C15H12N4O2/c16-10-6-12(14(17)20)15(19-8-10)21-11-4-3-9-2-1-5-18-13(9)7-11/h1-8H,16H2,(H2,17,20). The van der Waals surface area contributed by atoms with E-state index in [0.717, 1.165) is 10.9 Å². The second kappa shape index (κ2) is 5.09. The number of hydrogen-bond acceptors (Lipinski definition) is 5. The number of pyridine rings is 2. The number of nitrogens with zero attached hydrogens (tertiary/aromatic N) is 2. The lowest BCUT2D eigenvalue weighted by molar-refractivity contribution is 0.0997. The van der Waals surface area contributed by atoms with E-state index in [4.69, 9.17) is 16.2 Å². The van der Waals surface area contributed by atoms with E-state index < -0.39 is 5.91 Å². The minimum Gasteiger partial charge on any atom is -0.438 e. The van der Waals surface area contributed by atoms with Gasteiger partial charge in [0.1, 0.15) is 11.3 Å². The van der Waals surface area contributed by atoms with Gasteiger partial charge in [0, 0.05) is 17.6 Å². The van der Waals surface area contributed by atoms with Gasteiger partial charge >= 0.3 is 0 Å². The molecule has 0 bridgehead atoms. The highest BCUT2D eigenvalue weighted by Crippen LogP contribution is 2.26. The first-order valence-electron chi connectivity index (χ1n) is 6.21. The average molecular weight is 280 g/mol. The summed E-state index contributed by atoms with van der Waals surface area (Å²) in [6, 6.07) is 10.6. The van der Waals surface area contributed by atoms with Crippen LogP contribution in [0, 0.1) is 0 Å². The van der Waals surface area contributed by atoms with E-state index in [2.05, 4.69) is 9.97 Å². The first-order chi connectivity index (χ1) is 10.1. The third-order valence-electron chi connectivity index (χ3n) is 2.93. The number of nitrogens with two attached hydrogens (primary N) is 2. The number of hydrogen-bond donors (Lipinski definition) is 2. The van der Waals surface area contributed by atoms with Crippen LogP contribution in [0.4, 0.5) is 5.69 Å². The van der Waals surface area contributed by atoms with Crippen molar-refractivity contribution in [2.45, 2.75) is 0 Å². The molecule has 0 aliphatic rings. The van der Waals surface area contributed by atoms with Crippen LogP contribution >= 0.6 is 0 Å². The zero-order valence-corrected chi connectivity index (χ0v) is 11.0. The van der Waals surface area contributed by atoms with E-state index >= 15 is 0 Å². The van der Waals surface area contributed by atoms with Gasteiger partial charge in [-0.1, -0.05) is 6.07 Å². The van der Waals surface area contributed by atoms with Crippen LogP contribution in [0.2, 0.25) is 0 Å². The summed E-state index contributed by atoms with van der Waals surface area (Å²) in [6.07, 6.45) is 3.10. The van der Waals surface area contributed by atoms with E-state index in [1.165, 1.54) is 12.3 Å².